The highest BCUT2D eigenvalue weighted by molar-refractivity contribution is 9.09. The molecule has 0 spiro atoms. The lowest BCUT2D eigenvalue weighted by Crippen LogP contribution is -2.43. The van der Waals surface area contributed by atoms with Gasteiger partial charge in [0.05, 0.1) is 12.5 Å². The van der Waals surface area contributed by atoms with Crippen LogP contribution in [0.4, 0.5) is 0 Å². The third-order valence-corrected chi connectivity index (χ3v) is 4.27. The van der Waals surface area contributed by atoms with Crippen molar-refractivity contribution in [2.24, 2.45) is 5.92 Å². The Kier molecular flexibility index (Phi) is 4.86. The summed E-state index contributed by atoms with van der Waals surface area (Å²) >= 11 is 3.46. The Morgan fingerprint density at radius 2 is 2.21 bits per heavy atom. The van der Waals surface area contributed by atoms with Crippen molar-refractivity contribution >= 4 is 21.8 Å². The van der Waals surface area contributed by atoms with Crippen molar-refractivity contribution in [3.05, 3.63) is 29.8 Å². The van der Waals surface area contributed by atoms with Gasteiger partial charge in [-0.3, -0.25) is 4.79 Å². The van der Waals surface area contributed by atoms with Gasteiger partial charge < -0.3 is 10.1 Å². The van der Waals surface area contributed by atoms with Crippen molar-refractivity contribution < 1.29 is 9.53 Å². The summed E-state index contributed by atoms with van der Waals surface area (Å²) in [4.78, 5) is 12.4. The maximum atomic E-state index is 12.4. The zero-order chi connectivity index (χ0) is 13.8. The first kappa shape index (κ1) is 14.4. The Bertz CT molecular complexity index is 448. The van der Waals surface area contributed by atoms with E-state index < -0.39 is 0 Å². The van der Waals surface area contributed by atoms with Crippen LogP contribution in [0.5, 0.6) is 5.75 Å². The SMILES string of the molecule is CC(C)C(CBr)NC(=O)C1CCOc2ccccc21. The van der Waals surface area contributed by atoms with E-state index in [1.54, 1.807) is 0 Å². The van der Waals surface area contributed by atoms with Gasteiger partial charge in [0.25, 0.3) is 0 Å². The average Bonchev–Trinajstić information content (AvgIpc) is 2.43. The summed E-state index contributed by atoms with van der Waals surface area (Å²) in [5.41, 5.74) is 1.00. The molecule has 0 bridgehead atoms. The van der Waals surface area contributed by atoms with Gasteiger partial charge in [-0.25, -0.2) is 0 Å². The number of carbonyl (C=O) groups excluding carboxylic acids is 1. The van der Waals surface area contributed by atoms with Gasteiger partial charge >= 0.3 is 0 Å². The van der Waals surface area contributed by atoms with Gasteiger partial charge in [0.1, 0.15) is 5.75 Å². The zero-order valence-corrected chi connectivity index (χ0v) is 12.9. The Hall–Kier alpha value is -1.03. The number of fused-ring (bicyclic) bond motifs is 1. The minimum absolute atomic E-state index is 0.0924. The number of ether oxygens (including phenoxy) is 1. The van der Waals surface area contributed by atoms with E-state index in [9.17, 15) is 4.79 Å². The number of rotatable bonds is 4. The van der Waals surface area contributed by atoms with E-state index >= 15 is 0 Å². The molecule has 1 aliphatic heterocycles. The number of benzene rings is 1. The van der Waals surface area contributed by atoms with E-state index in [0.717, 1.165) is 23.1 Å². The lowest BCUT2D eigenvalue weighted by molar-refractivity contribution is -0.124. The lowest BCUT2D eigenvalue weighted by Gasteiger charge is -2.28. The molecule has 3 nitrogen and oxygen atoms in total. The van der Waals surface area contributed by atoms with E-state index in [2.05, 4.69) is 35.1 Å². The monoisotopic (exact) mass is 325 g/mol. The maximum absolute atomic E-state index is 12.4. The molecule has 0 aromatic heterocycles. The van der Waals surface area contributed by atoms with Crippen molar-refractivity contribution in [1.82, 2.24) is 5.32 Å². The van der Waals surface area contributed by atoms with Crippen LogP contribution in [0.1, 0.15) is 31.7 Å². The molecule has 19 heavy (non-hydrogen) atoms. The van der Waals surface area contributed by atoms with Gasteiger partial charge in [-0.05, 0) is 18.4 Å². The summed E-state index contributed by atoms with van der Waals surface area (Å²) in [6, 6.07) is 7.98. The van der Waals surface area contributed by atoms with Crippen LogP contribution >= 0.6 is 15.9 Å². The summed E-state index contributed by atoms with van der Waals surface area (Å²) < 4.78 is 5.59. The number of amides is 1. The molecular formula is C15H20BrNO2. The standard InChI is InChI=1S/C15H20BrNO2/c1-10(2)13(9-16)17-15(18)12-7-8-19-14-6-4-3-5-11(12)14/h3-6,10,12-13H,7-9H2,1-2H3,(H,17,18). The van der Waals surface area contributed by atoms with Crippen molar-refractivity contribution in [2.75, 3.05) is 11.9 Å². The van der Waals surface area contributed by atoms with Crippen molar-refractivity contribution in [3.8, 4) is 5.75 Å². The first-order valence-corrected chi connectivity index (χ1v) is 7.83. The van der Waals surface area contributed by atoms with E-state index in [4.69, 9.17) is 4.74 Å². The zero-order valence-electron chi connectivity index (χ0n) is 11.4. The van der Waals surface area contributed by atoms with E-state index in [0.29, 0.717) is 12.5 Å². The van der Waals surface area contributed by atoms with Crippen LogP contribution in [-0.2, 0) is 4.79 Å². The Morgan fingerprint density at radius 1 is 1.47 bits per heavy atom. The second-order valence-corrected chi connectivity index (χ2v) is 5.89. The summed E-state index contributed by atoms with van der Waals surface area (Å²) in [6.07, 6.45) is 0.746. The molecule has 0 radical (unpaired) electrons. The predicted octanol–water partition coefficient (Wildman–Crippen LogP) is 3.09. The minimum Gasteiger partial charge on any atom is -0.493 e. The van der Waals surface area contributed by atoms with Crippen LogP contribution in [0, 0.1) is 5.92 Å². The summed E-state index contributed by atoms with van der Waals surface area (Å²) in [6.45, 7) is 4.84. The van der Waals surface area contributed by atoms with Crippen molar-refractivity contribution in [3.63, 3.8) is 0 Å². The molecular weight excluding hydrogens is 306 g/mol. The molecule has 1 aromatic rings. The lowest BCUT2D eigenvalue weighted by atomic mass is 9.91. The quantitative estimate of drug-likeness (QED) is 0.864. The van der Waals surface area contributed by atoms with Gasteiger partial charge in [-0.15, -0.1) is 0 Å². The molecule has 104 valence electrons. The third kappa shape index (κ3) is 3.30. The highest BCUT2D eigenvalue weighted by atomic mass is 79.9. The van der Waals surface area contributed by atoms with Crippen LogP contribution in [0.2, 0.25) is 0 Å². The van der Waals surface area contributed by atoms with Crippen LogP contribution in [0.3, 0.4) is 0 Å². The number of para-hydroxylation sites is 1. The van der Waals surface area contributed by atoms with Crippen LogP contribution in [0.25, 0.3) is 0 Å². The molecule has 0 aliphatic carbocycles. The molecule has 2 unspecified atom stereocenters. The number of hydrogen-bond donors (Lipinski definition) is 1. The Labute approximate surface area is 122 Å². The van der Waals surface area contributed by atoms with Crippen LogP contribution in [-0.4, -0.2) is 23.9 Å². The Balaban J connectivity index is 2.12. The molecule has 0 saturated heterocycles. The largest absolute Gasteiger partial charge is 0.493 e. The highest BCUT2D eigenvalue weighted by Gasteiger charge is 2.29. The number of nitrogens with one attached hydrogen (secondary N) is 1. The molecule has 0 saturated carbocycles. The fourth-order valence-corrected chi connectivity index (χ4v) is 3.19. The minimum atomic E-state index is -0.0924. The first-order valence-electron chi connectivity index (χ1n) is 6.71. The molecule has 1 aromatic carbocycles. The van der Waals surface area contributed by atoms with Crippen LogP contribution < -0.4 is 10.1 Å². The second kappa shape index (κ2) is 6.42. The van der Waals surface area contributed by atoms with Gasteiger partial charge in [-0.1, -0.05) is 48.0 Å². The van der Waals surface area contributed by atoms with Crippen molar-refractivity contribution in [1.29, 1.82) is 0 Å². The number of alkyl halides is 1. The van der Waals surface area contributed by atoms with Crippen molar-refractivity contribution in [2.45, 2.75) is 32.2 Å². The van der Waals surface area contributed by atoms with E-state index in [1.807, 2.05) is 24.3 Å². The molecule has 2 atom stereocenters. The fourth-order valence-electron chi connectivity index (χ4n) is 2.28. The topological polar surface area (TPSA) is 38.3 Å². The van der Waals surface area contributed by atoms with E-state index in [-0.39, 0.29) is 17.9 Å². The molecule has 4 heteroatoms. The van der Waals surface area contributed by atoms with Gasteiger partial charge in [0, 0.05) is 16.9 Å². The van der Waals surface area contributed by atoms with Crippen LogP contribution in [0.15, 0.2) is 24.3 Å². The third-order valence-electron chi connectivity index (χ3n) is 3.57. The fraction of sp³-hybridized carbons (Fsp3) is 0.533. The molecule has 1 aliphatic rings. The van der Waals surface area contributed by atoms with Gasteiger partial charge in [-0.2, -0.15) is 0 Å². The highest BCUT2D eigenvalue weighted by Crippen LogP contribution is 2.33. The Morgan fingerprint density at radius 3 is 2.89 bits per heavy atom. The normalized spacial score (nSPS) is 19.5. The maximum Gasteiger partial charge on any atom is 0.228 e. The predicted molar refractivity (Wildman–Crippen MR) is 79.9 cm³/mol. The summed E-state index contributed by atoms with van der Waals surface area (Å²) in [5.74, 6) is 1.27. The summed E-state index contributed by atoms with van der Waals surface area (Å²) in [7, 11) is 0. The molecule has 2 rings (SSSR count). The number of carbonyl (C=O) groups is 1. The first-order chi connectivity index (χ1) is 9.13. The van der Waals surface area contributed by atoms with Gasteiger partial charge in [0.15, 0.2) is 0 Å². The molecule has 1 amide bonds. The molecule has 1 heterocycles. The summed E-state index contributed by atoms with van der Waals surface area (Å²) in [5, 5.41) is 3.91. The number of hydrogen-bond acceptors (Lipinski definition) is 2. The number of halogens is 1. The molecule has 1 N–H and O–H groups in total. The smallest absolute Gasteiger partial charge is 0.228 e. The average molecular weight is 326 g/mol. The second-order valence-electron chi connectivity index (χ2n) is 5.24. The van der Waals surface area contributed by atoms with Gasteiger partial charge in [0.2, 0.25) is 5.91 Å². The molecule has 0 fully saturated rings. The van der Waals surface area contributed by atoms with E-state index in [1.165, 1.54) is 0 Å².